The summed E-state index contributed by atoms with van der Waals surface area (Å²) in [5, 5.41) is 2.45. The Bertz CT molecular complexity index is 735. The minimum atomic E-state index is -0.633. The van der Waals surface area contributed by atoms with E-state index in [1.807, 2.05) is 0 Å². The van der Waals surface area contributed by atoms with Crippen LogP contribution in [0.2, 0.25) is 5.02 Å². The molecule has 0 aliphatic carbocycles. The van der Waals surface area contributed by atoms with Gasteiger partial charge in [-0.1, -0.05) is 35.6 Å². The highest BCUT2D eigenvalue weighted by Crippen LogP contribution is 2.21. The maximum absolute atomic E-state index is 13.3. The molecule has 0 saturated carbocycles. The van der Waals surface area contributed by atoms with Crippen molar-refractivity contribution >= 4 is 23.2 Å². The Hall–Kier alpha value is -2.35. The van der Waals surface area contributed by atoms with Crippen LogP contribution in [0, 0.1) is 17.7 Å². The van der Waals surface area contributed by atoms with Crippen LogP contribution in [0.15, 0.2) is 42.5 Å². The number of hydrogen-bond acceptors (Lipinski definition) is 2. The van der Waals surface area contributed by atoms with Crippen LogP contribution in [0.1, 0.15) is 15.9 Å². The fraction of sp³-hybridized carbons (Fsp3) is 0.0625. The van der Waals surface area contributed by atoms with Gasteiger partial charge in [-0.3, -0.25) is 4.79 Å². The van der Waals surface area contributed by atoms with Gasteiger partial charge in [-0.2, -0.15) is 0 Å². The Kier molecular flexibility index (Phi) is 4.94. The summed E-state index contributed by atoms with van der Waals surface area (Å²) in [6.45, 7) is 0.259. The smallest absolute Gasteiger partial charge is 0.257 e. The molecule has 21 heavy (non-hydrogen) atoms. The number of benzene rings is 2. The summed E-state index contributed by atoms with van der Waals surface area (Å²) in [5.41, 5.74) is 6.66. The molecule has 106 valence electrons. The van der Waals surface area contributed by atoms with E-state index in [9.17, 15) is 9.18 Å². The van der Waals surface area contributed by atoms with Crippen LogP contribution in [0.5, 0.6) is 0 Å². The van der Waals surface area contributed by atoms with E-state index in [0.717, 1.165) is 5.56 Å². The second-order valence-electron chi connectivity index (χ2n) is 4.14. The topological polar surface area (TPSA) is 55.1 Å². The Labute approximate surface area is 126 Å². The van der Waals surface area contributed by atoms with Gasteiger partial charge in [0.2, 0.25) is 0 Å². The van der Waals surface area contributed by atoms with Crippen LogP contribution in [-0.2, 0) is 0 Å². The van der Waals surface area contributed by atoms with E-state index in [4.69, 9.17) is 17.3 Å². The number of nitrogens with one attached hydrogen (secondary N) is 1. The van der Waals surface area contributed by atoms with Crippen LogP contribution in [0.4, 0.5) is 10.1 Å². The highest BCUT2D eigenvalue weighted by Gasteiger charge is 2.13. The van der Waals surface area contributed by atoms with Gasteiger partial charge in [0.25, 0.3) is 5.91 Å². The van der Waals surface area contributed by atoms with Crippen molar-refractivity contribution in [3.05, 3.63) is 64.4 Å². The van der Waals surface area contributed by atoms with E-state index in [1.54, 1.807) is 24.3 Å². The minimum absolute atomic E-state index is 0.0788. The van der Waals surface area contributed by atoms with Crippen LogP contribution < -0.4 is 11.1 Å². The Morgan fingerprint density at radius 3 is 2.81 bits per heavy atom. The Balaban J connectivity index is 2.22. The monoisotopic (exact) mass is 302 g/mol. The van der Waals surface area contributed by atoms with Gasteiger partial charge in [-0.05, 0) is 30.3 Å². The maximum Gasteiger partial charge on any atom is 0.257 e. The van der Waals surface area contributed by atoms with Crippen LogP contribution in [0.3, 0.4) is 0 Å². The zero-order chi connectivity index (χ0) is 15.2. The zero-order valence-electron chi connectivity index (χ0n) is 11.0. The van der Waals surface area contributed by atoms with Gasteiger partial charge in [0.1, 0.15) is 5.82 Å². The molecule has 0 aliphatic rings. The molecule has 0 aliphatic heterocycles. The SMILES string of the molecule is NCC#Cc1cccc(NC(=O)c2cccc(F)c2Cl)c1. The number of anilines is 1. The van der Waals surface area contributed by atoms with Gasteiger partial charge in [-0.25, -0.2) is 4.39 Å². The lowest BCUT2D eigenvalue weighted by Crippen LogP contribution is -2.13. The third-order valence-corrected chi connectivity index (χ3v) is 3.04. The second-order valence-corrected chi connectivity index (χ2v) is 4.52. The number of carbonyl (C=O) groups excluding carboxylic acids is 1. The van der Waals surface area contributed by atoms with Crippen molar-refractivity contribution in [3.63, 3.8) is 0 Å². The molecule has 0 atom stereocenters. The average molecular weight is 303 g/mol. The summed E-state index contributed by atoms with van der Waals surface area (Å²) < 4.78 is 13.3. The lowest BCUT2D eigenvalue weighted by atomic mass is 10.1. The third kappa shape index (κ3) is 3.82. The first-order valence-corrected chi connectivity index (χ1v) is 6.54. The minimum Gasteiger partial charge on any atom is -0.322 e. The van der Waals surface area contributed by atoms with E-state index < -0.39 is 11.7 Å². The van der Waals surface area contributed by atoms with Gasteiger partial charge in [0.05, 0.1) is 17.1 Å². The molecule has 2 aromatic carbocycles. The van der Waals surface area contributed by atoms with Gasteiger partial charge >= 0.3 is 0 Å². The Morgan fingerprint density at radius 1 is 1.29 bits per heavy atom. The number of carbonyl (C=O) groups is 1. The number of halogens is 2. The fourth-order valence-corrected chi connectivity index (χ4v) is 1.92. The molecule has 3 N–H and O–H groups in total. The van der Waals surface area contributed by atoms with Gasteiger partial charge < -0.3 is 11.1 Å². The van der Waals surface area contributed by atoms with E-state index in [-0.39, 0.29) is 17.1 Å². The molecule has 0 unspecified atom stereocenters. The summed E-state index contributed by atoms with van der Waals surface area (Å²) in [6, 6.07) is 11.0. The molecule has 0 saturated heterocycles. The normalized spacial score (nSPS) is 9.67. The summed E-state index contributed by atoms with van der Waals surface area (Å²) in [5.74, 6) is 4.48. The van der Waals surface area contributed by atoms with E-state index in [0.29, 0.717) is 5.69 Å². The molecule has 0 fully saturated rings. The van der Waals surface area contributed by atoms with Crippen molar-refractivity contribution in [2.45, 2.75) is 0 Å². The standard InChI is InChI=1S/C16H12ClFN2O/c17-15-13(7-2-8-14(15)18)16(21)20-12-6-1-4-11(10-12)5-3-9-19/h1-2,4,6-8,10H,9,19H2,(H,20,21). The van der Waals surface area contributed by atoms with Gasteiger partial charge in [0.15, 0.2) is 0 Å². The fourth-order valence-electron chi connectivity index (χ4n) is 1.71. The molecule has 0 aromatic heterocycles. The van der Waals surface area contributed by atoms with E-state index >= 15 is 0 Å². The summed E-state index contributed by atoms with van der Waals surface area (Å²) in [4.78, 5) is 12.1. The predicted octanol–water partition coefficient (Wildman–Crippen LogP) is 3.04. The molecular weight excluding hydrogens is 291 g/mol. The number of rotatable bonds is 2. The summed E-state index contributed by atoms with van der Waals surface area (Å²) >= 11 is 5.78. The maximum atomic E-state index is 13.3. The first kappa shape index (κ1) is 15.0. The van der Waals surface area contributed by atoms with Crippen LogP contribution in [0.25, 0.3) is 0 Å². The predicted molar refractivity (Wildman–Crippen MR) is 81.7 cm³/mol. The van der Waals surface area contributed by atoms with Crippen LogP contribution >= 0.6 is 11.6 Å². The van der Waals surface area contributed by atoms with Crippen molar-refractivity contribution in [2.24, 2.45) is 5.73 Å². The molecule has 0 heterocycles. The Morgan fingerprint density at radius 2 is 2.05 bits per heavy atom. The quantitative estimate of drug-likeness (QED) is 0.838. The average Bonchev–Trinajstić information content (AvgIpc) is 2.48. The highest BCUT2D eigenvalue weighted by atomic mass is 35.5. The number of hydrogen-bond donors (Lipinski definition) is 2. The van der Waals surface area contributed by atoms with E-state index in [1.165, 1.54) is 18.2 Å². The largest absolute Gasteiger partial charge is 0.322 e. The van der Waals surface area contributed by atoms with E-state index in [2.05, 4.69) is 17.2 Å². The molecule has 5 heteroatoms. The van der Waals surface area contributed by atoms with Crippen molar-refractivity contribution < 1.29 is 9.18 Å². The molecule has 2 aromatic rings. The molecule has 1 amide bonds. The molecule has 2 rings (SSSR count). The lowest BCUT2D eigenvalue weighted by molar-refractivity contribution is 0.102. The highest BCUT2D eigenvalue weighted by molar-refractivity contribution is 6.34. The summed E-state index contributed by atoms with van der Waals surface area (Å²) in [7, 11) is 0. The summed E-state index contributed by atoms with van der Waals surface area (Å²) in [6.07, 6.45) is 0. The molecular formula is C16H12ClFN2O. The first-order chi connectivity index (χ1) is 10.1. The molecule has 0 spiro atoms. The molecule has 3 nitrogen and oxygen atoms in total. The van der Waals surface area contributed by atoms with Crippen molar-refractivity contribution in [1.82, 2.24) is 0 Å². The van der Waals surface area contributed by atoms with Crippen molar-refractivity contribution in [1.29, 1.82) is 0 Å². The molecule has 0 bridgehead atoms. The number of nitrogens with two attached hydrogens (primary N) is 1. The van der Waals surface area contributed by atoms with Crippen molar-refractivity contribution in [3.8, 4) is 11.8 Å². The third-order valence-electron chi connectivity index (χ3n) is 2.65. The number of amides is 1. The second kappa shape index (κ2) is 6.89. The zero-order valence-corrected chi connectivity index (χ0v) is 11.7. The molecule has 0 radical (unpaired) electrons. The van der Waals surface area contributed by atoms with Crippen molar-refractivity contribution in [2.75, 3.05) is 11.9 Å². The van der Waals surface area contributed by atoms with Gasteiger partial charge in [-0.15, -0.1) is 0 Å². The van der Waals surface area contributed by atoms with Gasteiger partial charge in [0, 0.05) is 11.3 Å². The first-order valence-electron chi connectivity index (χ1n) is 6.16. The van der Waals surface area contributed by atoms with Crippen LogP contribution in [-0.4, -0.2) is 12.5 Å². The lowest BCUT2D eigenvalue weighted by Gasteiger charge is -2.07.